The summed E-state index contributed by atoms with van der Waals surface area (Å²) in [5.74, 6) is 0. The number of alkyl carbamates (subject to hydrolysis) is 2. The fourth-order valence-electron chi connectivity index (χ4n) is 2.49. The second-order valence-electron chi connectivity index (χ2n) is 4.71. The lowest BCUT2D eigenvalue weighted by molar-refractivity contribution is 0.142. The van der Waals surface area contributed by atoms with Crippen LogP contribution in [0.15, 0.2) is 0 Å². The zero-order chi connectivity index (χ0) is 12.5. The van der Waals surface area contributed by atoms with Gasteiger partial charge in [-0.3, -0.25) is 0 Å². The van der Waals surface area contributed by atoms with Crippen molar-refractivity contribution in [1.82, 2.24) is 21.3 Å². The van der Waals surface area contributed by atoms with Gasteiger partial charge < -0.3 is 30.7 Å². The van der Waals surface area contributed by atoms with E-state index in [0.717, 1.165) is 26.2 Å². The maximum atomic E-state index is 10.5. The van der Waals surface area contributed by atoms with Gasteiger partial charge in [-0.05, 0) is 0 Å². The van der Waals surface area contributed by atoms with Crippen molar-refractivity contribution < 1.29 is 19.1 Å². The lowest BCUT2D eigenvalue weighted by atomic mass is 10.2. The number of rotatable bonds is 0. The SMILES string of the molecule is O=C1N[C@@H]2CNC[C@@H]2O1.O=C1N[C@H]2CNC[C@H]2O1. The Morgan fingerprint density at radius 2 is 1.22 bits per heavy atom. The van der Waals surface area contributed by atoms with Crippen LogP contribution in [0.4, 0.5) is 9.59 Å². The molecule has 8 heteroatoms. The fourth-order valence-corrected chi connectivity index (χ4v) is 2.49. The van der Waals surface area contributed by atoms with Crippen molar-refractivity contribution >= 4 is 12.2 Å². The Kier molecular flexibility index (Phi) is 2.96. The molecule has 4 aliphatic heterocycles. The number of amides is 2. The van der Waals surface area contributed by atoms with Gasteiger partial charge in [0.05, 0.1) is 12.1 Å². The summed E-state index contributed by atoms with van der Waals surface area (Å²) in [6, 6.07) is 0.440. The van der Waals surface area contributed by atoms with E-state index in [1.54, 1.807) is 0 Å². The van der Waals surface area contributed by atoms with Crippen molar-refractivity contribution in [3.05, 3.63) is 0 Å². The van der Waals surface area contributed by atoms with Crippen molar-refractivity contribution in [3.8, 4) is 0 Å². The molecule has 18 heavy (non-hydrogen) atoms. The molecule has 2 amide bonds. The van der Waals surface area contributed by atoms with Gasteiger partial charge in [0.25, 0.3) is 0 Å². The van der Waals surface area contributed by atoms with Crippen molar-refractivity contribution in [2.75, 3.05) is 26.2 Å². The first-order valence-electron chi connectivity index (χ1n) is 6.08. The number of ether oxygens (including phenoxy) is 2. The zero-order valence-electron chi connectivity index (χ0n) is 9.77. The van der Waals surface area contributed by atoms with Crippen molar-refractivity contribution in [2.24, 2.45) is 0 Å². The van der Waals surface area contributed by atoms with Crippen molar-refractivity contribution in [2.45, 2.75) is 24.3 Å². The molecule has 0 radical (unpaired) electrons. The number of nitrogens with one attached hydrogen (secondary N) is 4. The van der Waals surface area contributed by atoms with E-state index in [4.69, 9.17) is 9.47 Å². The van der Waals surface area contributed by atoms with E-state index in [0.29, 0.717) is 0 Å². The van der Waals surface area contributed by atoms with Crippen LogP contribution in [0.1, 0.15) is 0 Å². The van der Waals surface area contributed by atoms with E-state index in [9.17, 15) is 9.59 Å². The second-order valence-corrected chi connectivity index (χ2v) is 4.71. The molecule has 4 rings (SSSR count). The van der Waals surface area contributed by atoms with Crippen LogP contribution in [-0.2, 0) is 9.47 Å². The first-order valence-corrected chi connectivity index (χ1v) is 6.08. The van der Waals surface area contributed by atoms with Gasteiger partial charge in [0.15, 0.2) is 0 Å². The molecule has 4 N–H and O–H groups in total. The van der Waals surface area contributed by atoms with E-state index in [1.807, 2.05) is 0 Å². The standard InChI is InChI=1S/2C5H8N2O2/c2*8-5-7-3-1-6-2-4(3)9-5/h2*3-4,6H,1-2H2,(H,7,8)/t2*3-,4+/m10/s1. The molecule has 0 bridgehead atoms. The van der Waals surface area contributed by atoms with Gasteiger partial charge in [-0.2, -0.15) is 0 Å². The first-order chi connectivity index (χ1) is 8.72. The van der Waals surface area contributed by atoms with Crippen molar-refractivity contribution in [3.63, 3.8) is 0 Å². The maximum absolute atomic E-state index is 10.5. The molecule has 0 aromatic carbocycles. The Morgan fingerprint density at radius 1 is 0.778 bits per heavy atom. The molecule has 0 unspecified atom stereocenters. The summed E-state index contributed by atoms with van der Waals surface area (Å²) < 4.78 is 9.75. The number of hydrogen-bond acceptors (Lipinski definition) is 6. The third-order valence-corrected chi connectivity index (χ3v) is 3.44. The summed E-state index contributed by atoms with van der Waals surface area (Å²) in [5, 5.41) is 11.6. The van der Waals surface area contributed by atoms with E-state index >= 15 is 0 Å². The average Bonchev–Trinajstić information content (AvgIpc) is 2.97. The summed E-state index contributed by atoms with van der Waals surface area (Å²) in [6.07, 6.45) is -0.381. The Bertz CT molecular complexity index is 302. The Labute approximate surface area is 104 Å². The topological polar surface area (TPSA) is 101 Å². The minimum Gasteiger partial charge on any atom is -0.443 e. The summed E-state index contributed by atoms with van der Waals surface area (Å²) >= 11 is 0. The van der Waals surface area contributed by atoms with Gasteiger partial charge in [-0.15, -0.1) is 0 Å². The molecule has 4 fully saturated rings. The van der Waals surface area contributed by atoms with Crippen LogP contribution >= 0.6 is 0 Å². The summed E-state index contributed by atoms with van der Waals surface area (Å²) in [4.78, 5) is 21.0. The number of fused-ring (bicyclic) bond motifs is 2. The van der Waals surface area contributed by atoms with Crippen LogP contribution in [-0.4, -0.2) is 62.7 Å². The summed E-state index contributed by atoms with van der Waals surface area (Å²) in [7, 11) is 0. The fraction of sp³-hybridized carbons (Fsp3) is 0.800. The Morgan fingerprint density at radius 3 is 1.61 bits per heavy atom. The highest BCUT2D eigenvalue weighted by molar-refractivity contribution is 5.70. The molecule has 0 aliphatic carbocycles. The van der Waals surface area contributed by atoms with Gasteiger partial charge in [0.1, 0.15) is 12.2 Å². The maximum Gasteiger partial charge on any atom is 0.407 e. The molecule has 0 aromatic heterocycles. The highest BCUT2D eigenvalue weighted by Crippen LogP contribution is 2.11. The van der Waals surface area contributed by atoms with Crippen LogP contribution in [0.3, 0.4) is 0 Å². The predicted octanol–water partition coefficient (Wildman–Crippen LogP) is -1.87. The van der Waals surface area contributed by atoms with Gasteiger partial charge in [0.2, 0.25) is 0 Å². The Balaban J connectivity index is 0.000000111. The molecular formula is C10H16N4O4. The van der Waals surface area contributed by atoms with E-state index < -0.39 is 0 Å². The molecule has 4 aliphatic rings. The third-order valence-electron chi connectivity index (χ3n) is 3.44. The largest absolute Gasteiger partial charge is 0.443 e. The van der Waals surface area contributed by atoms with Crippen LogP contribution in [0, 0.1) is 0 Å². The summed E-state index contributed by atoms with van der Waals surface area (Å²) in [6.45, 7) is 3.28. The normalized spacial score (nSPS) is 39.8. The molecule has 0 aromatic rings. The van der Waals surface area contributed by atoms with E-state index in [2.05, 4.69) is 21.3 Å². The van der Waals surface area contributed by atoms with E-state index in [1.165, 1.54) is 0 Å². The molecule has 4 atom stereocenters. The molecule has 8 nitrogen and oxygen atoms in total. The first kappa shape index (κ1) is 11.5. The third kappa shape index (κ3) is 2.21. The predicted molar refractivity (Wildman–Crippen MR) is 60.1 cm³/mol. The molecule has 0 saturated carbocycles. The lowest BCUT2D eigenvalue weighted by Crippen LogP contribution is -2.31. The smallest absolute Gasteiger partial charge is 0.407 e. The molecule has 4 saturated heterocycles. The Hall–Kier alpha value is -1.54. The number of carbonyl (C=O) groups is 2. The monoisotopic (exact) mass is 256 g/mol. The second kappa shape index (κ2) is 4.62. The molecular weight excluding hydrogens is 240 g/mol. The molecule has 4 heterocycles. The molecule has 100 valence electrons. The van der Waals surface area contributed by atoms with Crippen LogP contribution in [0.25, 0.3) is 0 Å². The van der Waals surface area contributed by atoms with Gasteiger partial charge in [-0.1, -0.05) is 0 Å². The number of hydrogen-bond donors (Lipinski definition) is 4. The van der Waals surface area contributed by atoms with Crippen LogP contribution in [0.2, 0.25) is 0 Å². The van der Waals surface area contributed by atoms with Crippen LogP contribution < -0.4 is 21.3 Å². The van der Waals surface area contributed by atoms with Gasteiger partial charge in [-0.25, -0.2) is 9.59 Å². The number of carbonyl (C=O) groups excluding carboxylic acids is 2. The minimum atomic E-state index is -0.272. The highest BCUT2D eigenvalue weighted by atomic mass is 16.6. The summed E-state index contributed by atoms with van der Waals surface area (Å²) in [5.41, 5.74) is 0. The van der Waals surface area contributed by atoms with Crippen molar-refractivity contribution in [1.29, 1.82) is 0 Å². The molecule has 0 spiro atoms. The van der Waals surface area contributed by atoms with Crippen LogP contribution in [0.5, 0.6) is 0 Å². The quantitative estimate of drug-likeness (QED) is 0.405. The average molecular weight is 256 g/mol. The lowest BCUT2D eigenvalue weighted by Gasteiger charge is -2.00. The van der Waals surface area contributed by atoms with E-state index in [-0.39, 0.29) is 36.5 Å². The minimum absolute atomic E-state index is 0.0810. The highest BCUT2D eigenvalue weighted by Gasteiger charge is 2.38. The van der Waals surface area contributed by atoms with Gasteiger partial charge in [0, 0.05) is 26.2 Å². The zero-order valence-corrected chi connectivity index (χ0v) is 9.77. The van der Waals surface area contributed by atoms with Gasteiger partial charge >= 0.3 is 12.2 Å².